The van der Waals surface area contributed by atoms with Crippen LogP contribution in [0.3, 0.4) is 0 Å². The molecular formula is C26H25BrCl2N4S. The summed E-state index contributed by atoms with van der Waals surface area (Å²) in [6, 6.07) is 13.8. The van der Waals surface area contributed by atoms with E-state index in [2.05, 4.69) is 49.8 Å². The molecule has 0 bridgehead atoms. The molecule has 4 aromatic rings. The SMILES string of the molecule is CCCc1c(-c2nnc(C3CCCCC3)s2)nc(-c2ccc(Cl)cc2Cl)n1-c1ccc(Br)cc1. The van der Waals surface area contributed by atoms with E-state index in [9.17, 15) is 0 Å². The number of hydrogen-bond donors (Lipinski definition) is 0. The van der Waals surface area contributed by atoms with Crippen LogP contribution in [0.2, 0.25) is 10.0 Å². The maximum Gasteiger partial charge on any atom is 0.168 e. The van der Waals surface area contributed by atoms with Crippen LogP contribution < -0.4 is 0 Å². The number of imidazole rings is 1. The van der Waals surface area contributed by atoms with Gasteiger partial charge in [-0.25, -0.2) is 4.98 Å². The molecule has 1 saturated carbocycles. The summed E-state index contributed by atoms with van der Waals surface area (Å²) in [6.07, 6.45) is 8.13. The molecule has 0 unspecified atom stereocenters. The Morgan fingerprint density at radius 3 is 2.50 bits per heavy atom. The molecule has 1 fully saturated rings. The lowest BCUT2D eigenvalue weighted by Gasteiger charge is -2.18. The van der Waals surface area contributed by atoms with E-state index in [0.29, 0.717) is 16.0 Å². The summed E-state index contributed by atoms with van der Waals surface area (Å²) in [7, 11) is 0. The van der Waals surface area contributed by atoms with Gasteiger partial charge in [-0.05, 0) is 61.7 Å². The summed E-state index contributed by atoms with van der Waals surface area (Å²) in [5, 5.41) is 12.4. The van der Waals surface area contributed by atoms with Gasteiger partial charge in [0.05, 0.1) is 10.7 Å². The topological polar surface area (TPSA) is 43.6 Å². The highest BCUT2D eigenvalue weighted by molar-refractivity contribution is 9.10. The summed E-state index contributed by atoms with van der Waals surface area (Å²) in [4.78, 5) is 5.15. The average Bonchev–Trinajstić information content (AvgIpc) is 3.46. The lowest BCUT2D eigenvalue weighted by molar-refractivity contribution is 0.440. The van der Waals surface area contributed by atoms with Gasteiger partial charge in [-0.3, -0.25) is 4.57 Å². The summed E-state index contributed by atoms with van der Waals surface area (Å²) >= 11 is 18.1. The third-order valence-corrected chi connectivity index (χ3v) is 8.48. The largest absolute Gasteiger partial charge is 0.296 e. The molecule has 0 saturated heterocycles. The predicted molar refractivity (Wildman–Crippen MR) is 145 cm³/mol. The molecule has 0 spiro atoms. The molecule has 0 amide bonds. The predicted octanol–water partition coefficient (Wildman–Crippen LogP) is 9.13. The second kappa shape index (κ2) is 10.5. The smallest absolute Gasteiger partial charge is 0.168 e. The number of benzene rings is 2. The van der Waals surface area contributed by atoms with Gasteiger partial charge in [0.15, 0.2) is 5.01 Å². The normalized spacial score (nSPS) is 14.6. The van der Waals surface area contributed by atoms with Crippen molar-refractivity contribution in [1.29, 1.82) is 0 Å². The molecule has 5 rings (SSSR count). The van der Waals surface area contributed by atoms with E-state index >= 15 is 0 Å². The molecule has 2 aromatic carbocycles. The Bertz CT molecular complexity index is 1290. The van der Waals surface area contributed by atoms with Crippen molar-refractivity contribution < 1.29 is 0 Å². The lowest BCUT2D eigenvalue weighted by atomic mass is 9.90. The molecule has 8 heteroatoms. The van der Waals surface area contributed by atoms with Crippen LogP contribution in [0.4, 0.5) is 0 Å². The van der Waals surface area contributed by atoms with E-state index in [0.717, 1.165) is 55.8 Å². The van der Waals surface area contributed by atoms with Crippen LogP contribution in [0.5, 0.6) is 0 Å². The van der Waals surface area contributed by atoms with E-state index < -0.39 is 0 Å². The van der Waals surface area contributed by atoms with Crippen LogP contribution in [0, 0.1) is 0 Å². The first-order valence-electron chi connectivity index (χ1n) is 11.7. The van der Waals surface area contributed by atoms with Gasteiger partial charge in [-0.2, -0.15) is 0 Å². The molecule has 176 valence electrons. The molecule has 1 aliphatic carbocycles. The van der Waals surface area contributed by atoms with Crippen LogP contribution in [0.25, 0.3) is 27.8 Å². The van der Waals surface area contributed by atoms with Crippen LogP contribution in [0.1, 0.15) is 62.1 Å². The minimum atomic E-state index is 0.522. The molecule has 2 heterocycles. The Hall–Kier alpha value is -1.73. The van der Waals surface area contributed by atoms with Crippen molar-refractivity contribution in [1.82, 2.24) is 19.7 Å². The monoisotopic (exact) mass is 574 g/mol. The number of aromatic nitrogens is 4. The van der Waals surface area contributed by atoms with E-state index in [1.165, 1.54) is 32.1 Å². The van der Waals surface area contributed by atoms with Gasteiger partial charge in [-0.15, -0.1) is 10.2 Å². The zero-order valence-corrected chi connectivity index (χ0v) is 22.8. The number of hydrogen-bond acceptors (Lipinski definition) is 4. The molecule has 0 atom stereocenters. The zero-order valence-electron chi connectivity index (χ0n) is 18.9. The summed E-state index contributed by atoms with van der Waals surface area (Å²) in [6.45, 7) is 2.19. The summed E-state index contributed by atoms with van der Waals surface area (Å²) in [5.74, 6) is 1.31. The number of nitrogens with zero attached hydrogens (tertiary/aromatic N) is 4. The van der Waals surface area contributed by atoms with Crippen LogP contribution >= 0.6 is 50.5 Å². The van der Waals surface area contributed by atoms with E-state index in [4.69, 9.17) is 28.2 Å². The summed E-state index contributed by atoms with van der Waals surface area (Å²) in [5.41, 5.74) is 3.89. The zero-order chi connectivity index (χ0) is 23.7. The molecular weight excluding hydrogens is 551 g/mol. The Kier molecular flexibility index (Phi) is 7.40. The lowest BCUT2D eigenvalue weighted by Crippen LogP contribution is -2.03. The van der Waals surface area contributed by atoms with Gasteiger partial charge in [-0.1, -0.05) is 83.1 Å². The number of rotatable bonds is 6. The Labute approximate surface area is 222 Å². The molecule has 0 aliphatic heterocycles. The van der Waals surface area contributed by atoms with Crippen LogP contribution in [-0.4, -0.2) is 19.7 Å². The quantitative estimate of drug-likeness (QED) is 0.230. The van der Waals surface area contributed by atoms with Crippen molar-refractivity contribution in [3.05, 3.63) is 67.7 Å². The first-order valence-corrected chi connectivity index (χ1v) is 14.1. The van der Waals surface area contributed by atoms with Crippen LogP contribution in [-0.2, 0) is 6.42 Å². The van der Waals surface area contributed by atoms with E-state index in [-0.39, 0.29) is 0 Å². The fourth-order valence-electron chi connectivity index (χ4n) is 4.66. The van der Waals surface area contributed by atoms with Crippen LogP contribution in [0.15, 0.2) is 46.9 Å². The fourth-order valence-corrected chi connectivity index (χ4v) is 6.44. The number of halogens is 3. The van der Waals surface area contributed by atoms with Gasteiger partial charge in [0, 0.05) is 26.7 Å². The third kappa shape index (κ3) is 4.83. The van der Waals surface area contributed by atoms with Gasteiger partial charge in [0.1, 0.15) is 16.5 Å². The highest BCUT2D eigenvalue weighted by atomic mass is 79.9. The second-order valence-corrected chi connectivity index (χ2v) is 11.5. The second-order valence-electron chi connectivity index (χ2n) is 8.70. The van der Waals surface area contributed by atoms with E-state index in [1.807, 2.05) is 24.3 Å². The first-order chi connectivity index (χ1) is 16.5. The van der Waals surface area contributed by atoms with Crippen molar-refractivity contribution in [3.63, 3.8) is 0 Å². The third-order valence-electron chi connectivity index (χ3n) is 6.31. The summed E-state index contributed by atoms with van der Waals surface area (Å²) < 4.78 is 3.24. The van der Waals surface area contributed by atoms with Crippen molar-refractivity contribution in [2.75, 3.05) is 0 Å². The molecule has 4 nitrogen and oxygen atoms in total. The highest BCUT2D eigenvalue weighted by Gasteiger charge is 2.26. The fraction of sp³-hybridized carbons (Fsp3) is 0.346. The Morgan fingerprint density at radius 2 is 1.79 bits per heavy atom. The first kappa shape index (κ1) is 24.0. The average molecular weight is 576 g/mol. The van der Waals surface area contributed by atoms with Crippen molar-refractivity contribution in [3.8, 4) is 27.8 Å². The molecule has 34 heavy (non-hydrogen) atoms. The molecule has 2 aromatic heterocycles. The van der Waals surface area contributed by atoms with Crippen molar-refractivity contribution >= 4 is 50.5 Å². The Balaban J connectivity index is 1.69. The molecule has 1 aliphatic rings. The highest BCUT2D eigenvalue weighted by Crippen LogP contribution is 2.40. The molecule has 0 radical (unpaired) electrons. The van der Waals surface area contributed by atoms with Gasteiger partial charge >= 0.3 is 0 Å². The van der Waals surface area contributed by atoms with Gasteiger partial charge in [0.2, 0.25) is 0 Å². The van der Waals surface area contributed by atoms with Gasteiger partial charge in [0.25, 0.3) is 0 Å². The van der Waals surface area contributed by atoms with Crippen molar-refractivity contribution in [2.45, 2.75) is 57.8 Å². The Morgan fingerprint density at radius 1 is 1.03 bits per heavy atom. The van der Waals surface area contributed by atoms with Crippen molar-refractivity contribution in [2.24, 2.45) is 0 Å². The maximum atomic E-state index is 6.67. The molecule has 0 N–H and O–H groups in total. The minimum absolute atomic E-state index is 0.522. The standard InChI is InChI=1S/C26H25BrCl2N4S/c1-2-6-22-23(26-32-31-25(34-26)16-7-4-3-5-8-16)30-24(20-14-11-18(28)15-21(20)29)33(22)19-12-9-17(27)10-13-19/h9-16H,2-8H2,1H3. The van der Waals surface area contributed by atoms with Gasteiger partial charge < -0.3 is 0 Å². The minimum Gasteiger partial charge on any atom is -0.296 e. The maximum absolute atomic E-state index is 6.67. The van der Waals surface area contributed by atoms with E-state index in [1.54, 1.807) is 17.4 Å².